The molecule has 18 heavy (non-hydrogen) atoms. The van der Waals surface area contributed by atoms with Crippen LogP contribution in [0.25, 0.3) is 0 Å². The van der Waals surface area contributed by atoms with Crippen LogP contribution >= 0.6 is 0 Å². The molecule has 0 aromatic heterocycles. The molecule has 1 fully saturated rings. The van der Waals surface area contributed by atoms with Crippen molar-refractivity contribution in [2.45, 2.75) is 33.2 Å². The Balaban J connectivity index is 2.00. The maximum atomic E-state index is 13.2. The minimum absolute atomic E-state index is 0.172. The molecule has 3 heteroatoms. The third kappa shape index (κ3) is 2.88. The average Bonchev–Trinajstić information content (AvgIpc) is 2.37. The van der Waals surface area contributed by atoms with Gasteiger partial charge in [0.05, 0.1) is 11.5 Å². The Kier molecular flexibility index (Phi) is 3.68. The van der Waals surface area contributed by atoms with E-state index in [1.165, 1.54) is 6.07 Å². The van der Waals surface area contributed by atoms with Crippen molar-refractivity contribution in [3.8, 4) is 6.07 Å². The number of nitriles is 1. The molecule has 1 aromatic rings. The van der Waals surface area contributed by atoms with Crippen LogP contribution in [0.15, 0.2) is 18.2 Å². The average molecular weight is 246 g/mol. The Labute approximate surface area is 108 Å². The normalized spacial score (nSPS) is 19.4. The Hall–Kier alpha value is -1.40. The first-order chi connectivity index (χ1) is 8.52. The SMILES string of the molecule is Cc1ccc(F)cc1CN1CCC(C)(C#N)CC1. The van der Waals surface area contributed by atoms with Crippen LogP contribution < -0.4 is 0 Å². The largest absolute Gasteiger partial charge is 0.299 e. The molecular formula is C15H19FN2. The third-order valence-corrected chi connectivity index (χ3v) is 3.93. The van der Waals surface area contributed by atoms with E-state index in [1.807, 2.05) is 19.9 Å². The van der Waals surface area contributed by atoms with Gasteiger partial charge in [-0.2, -0.15) is 5.26 Å². The van der Waals surface area contributed by atoms with Crippen LogP contribution in [0.1, 0.15) is 30.9 Å². The summed E-state index contributed by atoms with van der Waals surface area (Å²) in [5.41, 5.74) is 2.01. The van der Waals surface area contributed by atoms with E-state index < -0.39 is 0 Å². The maximum absolute atomic E-state index is 13.2. The number of rotatable bonds is 2. The van der Waals surface area contributed by atoms with Crippen LogP contribution in [0.3, 0.4) is 0 Å². The van der Waals surface area contributed by atoms with Gasteiger partial charge in [-0.15, -0.1) is 0 Å². The predicted octanol–water partition coefficient (Wildman–Crippen LogP) is 3.26. The van der Waals surface area contributed by atoms with Crippen LogP contribution in [0.2, 0.25) is 0 Å². The summed E-state index contributed by atoms with van der Waals surface area (Å²) in [6, 6.07) is 7.35. The van der Waals surface area contributed by atoms with Gasteiger partial charge in [0.25, 0.3) is 0 Å². The summed E-state index contributed by atoms with van der Waals surface area (Å²) < 4.78 is 13.2. The van der Waals surface area contributed by atoms with Crippen LogP contribution in [0.4, 0.5) is 4.39 Å². The van der Waals surface area contributed by atoms with Crippen molar-refractivity contribution in [2.24, 2.45) is 5.41 Å². The summed E-state index contributed by atoms with van der Waals surface area (Å²) in [5, 5.41) is 9.09. The Morgan fingerprint density at radius 3 is 2.67 bits per heavy atom. The number of halogens is 1. The molecule has 1 saturated heterocycles. The monoisotopic (exact) mass is 246 g/mol. The van der Waals surface area contributed by atoms with Crippen LogP contribution in [0.5, 0.6) is 0 Å². The van der Waals surface area contributed by atoms with Crippen molar-refractivity contribution in [1.82, 2.24) is 4.90 Å². The third-order valence-electron chi connectivity index (χ3n) is 3.93. The van der Waals surface area contributed by atoms with Gasteiger partial charge in [-0.3, -0.25) is 4.90 Å². The number of aryl methyl sites for hydroxylation is 1. The van der Waals surface area contributed by atoms with E-state index in [2.05, 4.69) is 11.0 Å². The van der Waals surface area contributed by atoms with Gasteiger partial charge < -0.3 is 0 Å². The molecule has 0 spiro atoms. The number of piperidine rings is 1. The van der Waals surface area contributed by atoms with E-state index in [1.54, 1.807) is 6.07 Å². The molecule has 1 aliphatic rings. The standard InChI is InChI=1S/C15H19FN2/c1-12-3-4-14(16)9-13(12)10-18-7-5-15(2,11-17)6-8-18/h3-4,9H,5-8,10H2,1-2H3. The van der Waals surface area contributed by atoms with Crippen LogP contribution in [-0.2, 0) is 6.54 Å². The first-order valence-electron chi connectivity index (χ1n) is 6.41. The van der Waals surface area contributed by atoms with Crippen molar-refractivity contribution in [1.29, 1.82) is 5.26 Å². The Bertz CT molecular complexity index is 468. The zero-order chi connectivity index (χ0) is 13.2. The zero-order valence-corrected chi connectivity index (χ0v) is 11.0. The zero-order valence-electron chi connectivity index (χ0n) is 11.0. The molecule has 0 atom stereocenters. The van der Waals surface area contributed by atoms with E-state index in [0.29, 0.717) is 0 Å². The lowest BCUT2D eigenvalue weighted by Gasteiger charge is -2.35. The fourth-order valence-corrected chi connectivity index (χ4v) is 2.37. The lowest BCUT2D eigenvalue weighted by molar-refractivity contribution is 0.150. The highest BCUT2D eigenvalue weighted by Gasteiger charge is 2.29. The Morgan fingerprint density at radius 2 is 2.06 bits per heavy atom. The summed E-state index contributed by atoms with van der Waals surface area (Å²) in [6.45, 7) is 6.65. The van der Waals surface area contributed by atoms with Crippen molar-refractivity contribution >= 4 is 0 Å². The minimum atomic E-state index is -0.173. The molecule has 1 heterocycles. The maximum Gasteiger partial charge on any atom is 0.123 e. The predicted molar refractivity (Wildman–Crippen MR) is 69.4 cm³/mol. The quantitative estimate of drug-likeness (QED) is 0.801. The lowest BCUT2D eigenvalue weighted by Crippen LogP contribution is -2.37. The molecule has 0 radical (unpaired) electrons. The van der Waals surface area contributed by atoms with E-state index in [-0.39, 0.29) is 11.2 Å². The van der Waals surface area contributed by atoms with Gasteiger partial charge in [0.1, 0.15) is 5.82 Å². The molecule has 1 aromatic carbocycles. The second-order valence-corrected chi connectivity index (χ2v) is 5.52. The van der Waals surface area contributed by atoms with E-state index >= 15 is 0 Å². The lowest BCUT2D eigenvalue weighted by atomic mass is 9.82. The number of hydrogen-bond donors (Lipinski definition) is 0. The molecule has 2 nitrogen and oxygen atoms in total. The molecule has 1 aliphatic heterocycles. The van der Waals surface area contributed by atoms with Crippen molar-refractivity contribution < 1.29 is 4.39 Å². The molecule has 0 unspecified atom stereocenters. The van der Waals surface area contributed by atoms with Crippen LogP contribution in [-0.4, -0.2) is 18.0 Å². The number of hydrogen-bond acceptors (Lipinski definition) is 2. The van der Waals surface area contributed by atoms with Gasteiger partial charge in [0.2, 0.25) is 0 Å². The molecule has 0 bridgehead atoms. The second-order valence-electron chi connectivity index (χ2n) is 5.52. The number of nitrogens with zero attached hydrogens (tertiary/aromatic N) is 2. The first-order valence-corrected chi connectivity index (χ1v) is 6.41. The minimum Gasteiger partial charge on any atom is -0.299 e. The summed E-state index contributed by atoms with van der Waals surface area (Å²) in [7, 11) is 0. The molecule has 2 rings (SSSR count). The molecular weight excluding hydrogens is 227 g/mol. The molecule has 0 saturated carbocycles. The molecule has 0 N–H and O–H groups in total. The van der Waals surface area contributed by atoms with E-state index in [4.69, 9.17) is 5.26 Å². The first kappa shape index (κ1) is 13.0. The van der Waals surface area contributed by atoms with Gasteiger partial charge >= 0.3 is 0 Å². The highest BCUT2D eigenvalue weighted by molar-refractivity contribution is 5.26. The topological polar surface area (TPSA) is 27.0 Å². The van der Waals surface area contributed by atoms with Crippen molar-refractivity contribution in [2.75, 3.05) is 13.1 Å². The smallest absolute Gasteiger partial charge is 0.123 e. The number of benzene rings is 1. The highest BCUT2D eigenvalue weighted by Crippen LogP contribution is 2.30. The molecule has 0 amide bonds. The van der Waals surface area contributed by atoms with Gasteiger partial charge in [-0.25, -0.2) is 4.39 Å². The van der Waals surface area contributed by atoms with E-state index in [9.17, 15) is 4.39 Å². The van der Waals surface area contributed by atoms with Gasteiger partial charge in [-0.05, 0) is 63.0 Å². The van der Waals surface area contributed by atoms with Gasteiger partial charge in [0.15, 0.2) is 0 Å². The summed E-state index contributed by atoms with van der Waals surface area (Å²) in [5.74, 6) is -0.172. The summed E-state index contributed by atoms with van der Waals surface area (Å²) in [4.78, 5) is 2.31. The second kappa shape index (κ2) is 5.07. The van der Waals surface area contributed by atoms with Crippen LogP contribution in [0, 0.1) is 29.5 Å². The van der Waals surface area contributed by atoms with Crippen molar-refractivity contribution in [3.05, 3.63) is 35.1 Å². The Morgan fingerprint density at radius 1 is 1.39 bits per heavy atom. The fraction of sp³-hybridized carbons (Fsp3) is 0.533. The van der Waals surface area contributed by atoms with Gasteiger partial charge in [-0.1, -0.05) is 6.07 Å². The van der Waals surface area contributed by atoms with Gasteiger partial charge in [0, 0.05) is 6.54 Å². The summed E-state index contributed by atoms with van der Waals surface area (Å²) in [6.07, 6.45) is 1.80. The molecule has 0 aliphatic carbocycles. The highest BCUT2D eigenvalue weighted by atomic mass is 19.1. The van der Waals surface area contributed by atoms with E-state index in [0.717, 1.165) is 43.6 Å². The fourth-order valence-electron chi connectivity index (χ4n) is 2.37. The number of likely N-dealkylation sites (tertiary alicyclic amines) is 1. The van der Waals surface area contributed by atoms with Crippen molar-refractivity contribution in [3.63, 3.8) is 0 Å². The summed E-state index contributed by atoms with van der Waals surface area (Å²) >= 11 is 0. The molecule has 96 valence electrons.